The van der Waals surface area contributed by atoms with E-state index < -0.39 is 11.9 Å². The second kappa shape index (κ2) is 8.39. The van der Waals surface area contributed by atoms with Crippen molar-refractivity contribution in [3.8, 4) is 11.5 Å². The molecule has 0 fully saturated rings. The first-order valence-corrected chi connectivity index (χ1v) is 9.31. The molecule has 0 spiro atoms. The fraction of sp³-hybridized carbons (Fsp3) is 0.263. The summed E-state index contributed by atoms with van der Waals surface area (Å²) >= 11 is 3.36. The largest absolute Gasteiger partial charge is 0.461 e. The third kappa shape index (κ3) is 4.14. The Balaban J connectivity index is 1.70. The van der Waals surface area contributed by atoms with Gasteiger partial charge in [-0.25, -0.2) is 9.59 Å². The summed E-state index contributed by atoms with van der Waals surface area (Å²) in [5.74, 6) is -0.608. The van der Waals surface area contributed by atoms with E-state index in [0.717, 1.165) is 10.0 Å². The van der Waals surface area contributed by atoms with Crippen LogP contribution in [0.4, 0.5) is 0 Å². The number of esters is 2. The van der Waals surface area contributed by atoms with Crippen molar-refractivity contribution in [1.82, 2.24) is 15.2 Å². The number of H-pyrrole nitrogens is 1. The standard InChI is InChI=1S/C19H18BrN3O5/c1-4-26-19(25)16-10(2)15(11(3)21-16)18(24)27-9-14-22-23-17(28-14)12-5-7-13(20)8-6-12/h5-8,21H,4,9H2,1-3H3. The zero-order chi connectivity index (χ0) is 20.3. The summed E-state index contributed by atoms with van der Waals surface area (Å²) < 4.78 is 16.7. The van der Waals surface area contributed by atoms with Crippen LogP contribution in [0.5, 0.6) is 0 Å². The lowest BCUT2D eigenvalue weighted by Crippen LogP contribution is -2.09. The number of ether oxygens (including phenoxy) is 2. The minimum atomic E-state index is -0.592. The molecule has 0 aliphatic rings. The molecule has 3 rings (SSSR count). The van der Waals surface area contributed by atoms with Crippen molar-refractivity contribution >= 4 is 27.9 Å². The Morgan fingerprint density at radius 3 is 2.50 bits per heavy atom. The fourth-order valence-electron chi connectivity index (χ4n) is 2.68. The summed E-state index contributed by atoms with van der Waals surface area (Å²) in [6, 6.07) is 7.38. The quantitative estimate of drug-likeness (QED) is 0.569. The van der Waals surface area contributed by atoms with Crippen molar-refractivity contribution < 1.29 is 23.5 Å². The predicted octanol–water partition coefficient (Wildman–Crippen LogP) is 3.98. The highest BCUT2D eigenvalue weighted by Crippen LogP contribution is 2.22. The Bertz CT molecular complexity index is 1010. The number of hydrogen-bond acceptors (Lipinski definition) is 7. The van der Waals surface area contributed by atoms with Crippen LogP contribution in [0.25, 0.3) is 11.5 Å². The number of carbonyl (C=O) groups is 2. The number of nitrogens with one attached hydrogen (secondary N) is 1. The molecular weight excluding hydrogens is 430 g/mol. The molecule has 0 atom stereocenters. The van der Waals surface area contributed by atoms with E-state index in [1.165, 1.54) is 0 Å². The first-order chi connectivity index (χ1) is 13.4. The van der Waals surface area contributed by atoms with E-state index in [2.05, 4.69) is 31.1 Å². The van der Waals surface area contributed by atoms with Gasteiger partial charge in [-0.3, -0.25) is 0 Å². The van der Waals surface area contributed by atoms with Crippen molar-refractivity contribution in [1.29, 1.82) is 0 Å². The van der Waals surface area contributed by atoms with Gasteiger partial charge in [-0.05, 0) is 50.6 Å². The van der Waals surface area contributed by atoms with E-state index in [9.17, 15) is 9.59 Å². The molecule has 1 aromatic carbocycles. The van der Waals surface area contributed by atoms with Gasteiger partial charge < -0.3 is 18.9 Å². The lowest BCUT2D eigenvalue weighted by Gasteiger charge is -2.03. The molecule has 2 heterocycles. The highest BCUT2D eigenvalue weighted by molar-refractivity contribution is 9.10. The van der Waals surface area contributed by atoms with Crippen molar-refractivity contribution in [2.45, 2.75) is 27.4 Å². The fourth-order valence-corrected chi connectivity index (χ4v) is 2.95. The molecule has 1 N–H and O–H groups in total. The minimum Gasteiger partial charge on any atom is -0.461 e. The summed E-state index contributed by atoms with van der Waals surface area (Å²) in [5.41, 5.74) is 2.27. The number of halogens is 1. The molecule has 0 unspecified atom stereocenters. The number of aromatic nitrogens is 3. The molecule has 0 aliphatic carbocycles. The molecule has 0 bridgehead atoms. The maximum atomic E-state index is 12.5. The molecule has 8 nitrogen and oxygen atoms in total. The van der Waals surface area contributed by atoms with Crippen molar-refractivity contribution in [3.05, 3.63) is 57.1 Å². The molecule has 9 heteroatoms. The van der Waals surface area contributed by atoms with Gasteiger partial charge in [0, 0.05) is 15.7 Å². The topological polar surface area (TPSA) is 107 Å². The first kappa shape index (κ1) is 19.8. The van der Waals surface area contributed by atoms with Gasteiger partial charge in [0.2, 0.25) is 5.89 Å². The Hall–Kier alpha value is -2.94. The molecular formula is C19H18BrN3O5. The zero-order valence-corrected chi connectivity index (χ0v) is 17.1. The molecule has 0 amide bonds. The van der Waals surface area contributed by atoms with Gasteiger partial charge in [-0.15, -0.1) is 10.2 Å². The van der Waals surface area contributed by atoms with Crippen molar-refractivity contribution in [3.63, 3.8) is 0 Å². The molecule has 2 aromatic heterocycles. The van der Waals surface area contributed by atoms with E-state index in [1.807, 2.05) is 24.3 Å². The van der Waals surface area contributed by atoms with Gasteiger partial charge in [0.25, 0.3) is 5.89 Å². The maximum Gasteiger partial charge on any atom is 0.355 e. The average Bonchev–Trinajstić information content (AvgIpc) is 3.25. The Labute approximate surface area is 169 Å². The average molecular weight is 448 g/mol. The lowest BCUT2D eigenvalue weighted by molar-refractivity contribution is 0.0437. The van der Waals surface area contributed by atoms with Crippen LogP contribution in [0.2, 0.25) is 0 Å². The number of carbonyl (C=O) groups excluding carboxylic acids is 2. The number of hydrogen-bond donors (Lipinski definition) is 1. The first-order valence-electron chi connectivity index (χ1n) is 8.52. The Morgan fingerprint density at radius 1 is 1.11 bits per heavy atom. The van der Waals surface area contributed by atoms with E-state index in [4.69, 9.17) is 13.9 Å². The lowest BCUT2D eigenvalue weighted by atomic mass is 10.1. The van der Waals surface area contributed by atoms with Gasteiger partial charge in [-0.1, -0.05) is 15.9 Å². The van der Waals surface area contributed by atoms with Crippen LogP contribution in [0.3, 0.4) is 0 Å². The molecule has 0 radical (unpaired) electrons. The van der Waals surface area contributed by atoms with Crippen molar-refractivity contribution in [2.75, 3.05) is 6.61 Å². The highest BCUT2D eigenvalue weighted by atomic mass is 79.9. The molecule has 0 saturated heterocycles. The second-order valence-electron chi connectivity index (χ2n) is 5.93. The molecule has 0 saturated carbocycles. The molecule has 3 aromatic rings. The van der Waals surface area contributed by atoms with E-state index in [0.29, 0.717) is 17.1 Å². The van der Waals surface area contributed by atoms with Gasteiger partial charge in [0.1, 0.15) is 5.69 Å². The van der Waals surface area contributed by atoms with Gasteiger partial charge in [0.05, 0.1) is 12.2 Å². The van der Waals surface area contributed by atoms with Crippen LogP contribution in [-0.4, -0.2) is 33.7 Å². The number of rotatable bonds is 6. The van der Waals surface area contributed by atoms with Crippen LogP contribution in [0.15, 0.2) is 33.2 Å². The van der Waals surface area contributed by atoms with E-state index in [-0.39, 0.29) is 30.4 Å². The third-order valence-corrected chi connectivity index (χ3v) is 4.53. The summed E-state index contributed by atoms with van der Waals surface area (Å²) in [5, 5.41) is 7.85. The van der Waals surface area contributed by atoms with Gasteiger partial charge >= 0.3 is 11.9 Å². The molecule has 0 aliphatic heterocycles. The summed E-state index contributed by atoms with van der Waals surface area (Å²) in [4.78, 5) is 27.3. The van der Waals surface area contributed by atoms with Crippen molar-refractivity contribution in [2.24, 2.45) is 0 Å². The van der Waals surface area contributed by atoms with Crippen LogP contribution in [0, 0.1) is 13.8 Å². The molecule has 146 valence electrons. The number of aryl methyl sites for hydroxylation is 1. The van der Waals surface area contributed by atoms with E-state index >= 15 is 0 Å². The number of benzene rings is 1. The summed E-state index contributed by atoms with van der Waals surface area (Å²) in [6.45, 7) is 5.12. The Kier molecular flexibility index (Phi) is 5.93. The highest BCUT2D eigenvalue weighted by Gasteiger charge is 2.24. The second-order valence-corrected chi connectivity index (χ2v) is 6.85. The summed E-state index contributed by atoms with van der Waals surface area (Å²) in [7, 11) is 0. The predicted molar refractivity (Wildman–Crippen MR) is 103 cm³/mol. The zero-order valence-electron chi connectivity index (χ0n) is 15.5. The maximum absolute atomic E-state index is 12.5. The minimum absolute atomic E-state index is 0.169. The van der Waals surface area contributed by atoms with Gasteiger partial charge in [0.15, 0.2) is 6.61 Å². The number of aromatic amines is 1. The molecule has 28 heavy (non-hydrogen) atoms. The smallest absolute Gasteiger partial charge is 0.355 e. The number of nitrogens with zero attached hydrogens (tertiary/aromatic N) is 2. The van der Waals surface area contributed by atoms with Crippen LogP contribution >= 0.6 is 15.9 Å². The van der Waals surface area contributed by atoms with Crippen LogP contribution in [-0.2, 0) is 16.1 Å². The third-order valence-electron chi connectivity index (χ3n) is 4.01. The summed E-state index contributed by atoms with van der Waals surface area (Å²) in [6.07, 6.45) is 0. The SMILES string of the molecule is CCOC(=O)c1[nH]c(C)c(C(=O)OCc2nnc(-c3ccc(Br)cc3)o2)c1C. The van der Waals surface area contributed by atoms with Crippen LogP contribution < -0.4 is 0 Å². The Morgan fingerprint density at radius 2 is 1.82 bits per heavy atom. The van der Waals surface area contributed by atoms with E-state index in [1.54, 1.807) is 20.8 Å². The van der Waals surface area contributed by atoms with Gasteiger partial charge in [-0.2, -0.15) is 0 Å². The normalized spacial score (nSPS) is 10.7. The van der Waals surface area contributed by atoms with Crippen LogP contribution in [0.1, 0.15) is 44.9 Å². The monoisotopic (exact) mass is 447 g/mol.